The van der Waals surface area contributed by atoms with Gasteiger partial charge in [-0.05, 0) is 20.8 Å². The molecule has 0 saturated carbocycles. The fourth-order valence-corrected chi connectivity index (χ4v) is 0.203. The number of allylic oxidation sites excluding steroid dienone is 2. The molecule has 0 atom stereocenters. The molecule has 0 fully saturated rings. The van der Waals surface area contributed by atoms with Gasteiger partial charge in [-0.1, -0.05) is 12.2 Å². The first-order chi connectivity index (χ1) is 7.51. The number of rotatable bonds is 2. The van der Waals surface area contributed by atoms with Crippen molar-refractivity contribution in [2.75, 3.05) is 19.8 Å². The van der Waals surface area contributed by atoms with Gasteiger partial charge >= 0.3 is 5.97 Å². The molecule has 4 heteroatoms. The Bertz CT molecular complexity index is 125. The fourth-order valence-electron chi connectivity index (χ4n) is 0.203. The molecule has 0 amide bonds. The van der Waals surface area contributed by atoms with Crippen LogP contribution >= 0.6 is 0 Å². The SMILES string of the molecule is C=CC.C=CC.CCOC(C)=O.OCCO. The average Bonchev–Trinajstić information content (AvgIpc) is 2.20. The van der Waals surface area contributed by atoms with Crippen LogP contribution in [0, 0.1) is 0 Å². The normalized spacial score (nSPS) is 6.38. The molecule has 0 unspecified atom stereocenters. The van der Waals surface area contributed by atoms with Gasteiger partial charge in [0.1, 0.15) is 0 Å². The summed E-state index contributed by atoms with van der Waals surface area (Å²) in [5.74, 6) is -0.211. The number of ether oxygens (including phenoxy) is 1. The van der Waals surface area contributed by atoms with Gasteiger partial charge in [0.15, 0.2) is 0 Å². The minimum absolute atomic E-state index is 0.125. The molecule has 98 valence electrons. The first-order valence-corrected chi connectivity index (χ1v) is 5.01. The maximum atomic E-state index is 9.82. The van der Waals surface area contributed by atoms with E-state index in [4.69, 9.17) is 10.2 Å². The Morgan fingerprint density at radius 3 is 1.44 bits per heavy atom. The lowest BCUT2D eigenvalue weighted by atomic mass is 10.8. The number of hydrogen-bond donors (Lipinski definition) is 2. The zero-order chi connectivity index (χ0) is 13.8. The van der Waals surface area contributed by atoms with Gasteiger partial charge < -0.3 is 14.9 Å². The quantitative estimate of drug-likeness (QED) is 0.566. The molecule has 0 aliphatic heterocycles. The van der Waals surface area contributed by atoms with Crippen molar-refractivity contribution in [3.05, 3.63) is 25.3 Å². The molecule has 0 bridgehead atoms. The standard InChI is InChI=1S/C4H8O2.2C3H6.C2H6O2/c1-3-6-4(2)5;2*1-3-2;3-1-2-4/h3H2,1-2H3;2*3H,1H2,2H3;3-4H,1-2H2. The Labute approximate surface area is 99.3 Å². The van der Waals surface area contributed by atoms with E-state index in [1.165, 1.54) is 6.92 Å². The highest BCUT2D eigenvalue weighted by Crippen LogP contribution is 1.69. The van der Waals surface area contributed by atoms with Crippen molar-refractivity contribution in [2.45, 2.75) is 27.7 Å². The van der Waals surface area contributed by atoms with Crippen LogP contribution in [-0.4, -0.2) is 36.0 Å². The van der Waals surface area contributed by atoms with E-state index < -0.39 is 0 Å². The number of carbonyl (C=O) groups is 1. The van der Waals surface area contributed by atoms with Gasteiger partial charge in [-0.25, -0.2) is 0 Å². The number of aliphatic hydroxyl groups excluding tert-OH is 2. The van der Waals surface area contributed by atoms with Gasteiger partial charge in [0.25, 0.3) is 0 Å². The molecule has 0 aromatic heterocycles. The highest BCUT2D eigenvalue weighted by Gasteiger charge is 1.81. The molecule has 0 aromatic carbocycles. The molecule has 0 aliphatic rings. The molecule has 0 spiro atoms. The van der Waals surface area contributed by atoms with Crippen molar-refractivity contribution in [2.24, 2.45) is 0 Å². The summed E-state index contributed by atoms with van der Waals surface area (Å²) in [6, 6.07) is 0. The van der Waals surface area contributed by atoms with E-state index in [2.05, 4.69) is 17.9 Å². The minimum Gasteiger partial charge on any atom is -0.466 e. The highest BCUT2D eigenvalue weighted by atomic mass is 16.5. The fraction of sp³-hybridized carbons (Fsp3) is 0.583. The average molecular weight is 234 g/mol. The summed E-state index contributed by atoms with van der Waals surface area (Å²) in [5, 5.41) is 15.2. The van der Waals surface area contributed by atoms with E-state index in [1.54, 1.807) is 19.1 Å². The third kappa shape index (κ3) is 220. The third-order valence-electron chi connectivity index (χ3n) is 0.448. The summed E-state index contributed by atoms with van der Waals surface area (Å²) in [4.78, 5) is 9.82. The predicted octanol–water partition coefficient (Wildman–Crippen LogP) is 1.93. The van der Waals surface area contributed by atoms with Gasteiger partial charge in [0, 0.05) is 6.92 Å². The first kappa shape index (κ1) is 24.2. The summed E-state index contributed by atoms with van der Waals surface area (Å²) in [7, 11) is 0. The third-order valence-corrected chi connectivity index (χ3v) is 0.448. The van der Waals surface area contributed by atoms with Crippen LogP contribution in [0.15, 0.2) is 25.3 Å². The lowest BCUT2D eigenvalue weighted by Crippen LogP contribution is -1.95. The Morgan fingerprint density at radius 1 is 1.19 bits per heavy atom. The predicted molar refractivity (Wildman–Crippen MR) is 68.2 cm³/mol. The molecule has 2 N–H and O–H groups in total. The summed E-state index contributed by atoms with van der Waals surface area (Å²) < 4.78 is 4.40. The number of esters is 1. The summed E-state index contributed by atoms with van der Waals surface area (Å²) in [6.07, 6.45) is 3.50. The van der Waals surface area contributed by atoms with Crippen molar-refractivity contribution >= 4 is 5.97 Å². The van der Waals surface area contributed by atoms with Crippen LogP contribution in [0.5, 0.6) is 0 Å². The summed E-state index contributed by atoms with van der Waals surface area (Å²) >= 11 is 0. The van der Waals surface area contributed by atoms with Crippen LogP contribution in [-0.2, 0) is 9.53 Å². The Balaban J connectivity index is -0.0000000635. The van der Waals surface area contributed by atoms with Gasteiger partial charge in [-0.2, -0.15) is 0 Å². The van der Waals surface area contributed by atoms with E-state index in [9.17, 15) is 4.79 Å². The van der Waals surface area contributed by atoms with E-state index in [-0.39, 0.29) is 19.2 Å². The molecule has 0 saturated heterocycles. The Morgan fingerprint density at radius 2 is 1.44 bits per heavy atom. The first-order valence-electron chi connectivity index (χ1n) is 5.01. The zero-order valence-corrected chi connectivity index (χ0v) is 10.9. The highest BCUT2D eigenvalue weighted by molar-refractivity contribution is 5.65. The van der Waals surface area contributed by atoms with E-state index in [1.807, 2.05) is 13.8 Å². The molecule has 0 aliphatic carbocycles. The molecular weight excluding hydrogens is 208 g/mol. The summed E-state index contributed by atoms with van der Waals surface area (Å²) in [5.41, 5.74) is 0. The second-order valence-electron chi connectivity index (χ2n) is 2.19. The van der Waals surface area contributed by atoms with Gasteiger partial charge in [0.2, 0.25) is 0 Å². The Hall–Kier alpha value is -1.13. The molecule has 0 radical (unpaired) electrons. The smallest absolute Gasteiger partial charge is 0.302 e. The van der Waals surface area contributed by atoms with Crippen LogP contribution in [0.3, 0.4) is 0 Å². The molecular formula is C12H26O4. The zero-order valence-electron chi connectivity index (χ0n) is 10.9. The number of hydrogen-bond acceptors (Lipinski definition) is 4. The molecule has 0 heterocycles. The van der Waals surface area contributed by atoms with Crippen LogP contribution in [0.2, 0.25) is 0 Å². The van der Waals surface area contributed by atoms with Crippen molar-refractivity contribution < 1.29 is 19.7 Å². The molecule has 16 heavy (non-hydrogen) atoms. The topological polar surface area (TPSA) is 66.8 Å². The second-order valence-corrected chi connectivity index (χ2v) is 2.19. The van der Waals surface area contributed by atoms with Crippen LogP contribution in [0.25, 0.3) is 0 Å². The van der Waals surface area contributed by atoms with Gasteiger partial charge in [-0.15, -0.1) is 13.2 Å². The molecule has 0 rings (SSSR count). The monoisotopic (exact) mass is 234 g/mol. The molecule has 4 nitrogen and oxygen atoms in total. The van der Waals surface area contributed by atoms with E-state index >= 15 is 0 Å². The largest absolute Gasteiger partial charge is 0.466 e. The maximum absolute atomic E-state index is 9.82. The van der Waals surface area contributed by atoms with Gasteiger partial charge in [-0.3, -0.25) is 4.79 Å². The maximum Gasteiger partial charge on any atom is 0.302 e. The van der Waals surface area contributed by atoms with Crippen molar-refractivity contribution in [1.82, 2.24) is 0 Å². The number of carbonyl (C=O) groups excluding carboxylic acids is 1. The second kappa shape index (κ2) is 37.1. The van der Waals surface area contributed by atoms with Crippen molar-refractivity contribution in [3.8, 4) is 0 Å². The lowest BCUT2D eigenvalue weighted by molar-refractivity contribution is -0.140. The molecule has 0 aromatic rings. The Kier molecular flexibility index (Phi) is 56.1. The van der Waals surface area contributed by atoms with Crippen molar-refractivity contribution in [1.29, 1.82) is 0 Å². The van der Waals surface area contributed by atoms with E-state index in [0.29, 0.717) is 6.61 Å². The van der Waals surface area contributed by atoms with Crippen molar-refractivity contribution in [3.63, 3.8) is 0 Å². The number of aliphatic hydroxyl groups is 2. The van der Waals surface area contributed by atoms with Crippen LogP contribution < -0.4 is 0 Å². The van der Waals surface area contributed by atoms with E-state index in [0.717, 1.165) is 0 Å². The minimum atomic E-state index is -0.211. The van der Waals surface area contributed by atoms with Crippen LogP contribution in [0.1, 0.15) is 27.7 Å². The van der Waals surface area contributed by atoms with Gasteiger partial charge in [0.05, 0.1) is 19.8 Å². The summed E-state index contributed by atoms with van der Waals surface area (Å²) in [6.45, 7) is 13.9. The lowest BCUT2D eigenvalue weighted by Gasteiger charge is -1.89. The van der Waals surface area contributed by atoms with Crippen LogP contribution in [0.4, 0.5) is 0 Å².